The Morgan fingerprint density at radius 3 is 2.67 bits per heavy atom. The quantitative estimate of drug-likeness (QED) is 0.851. The summed E-state index contributed by atoms with van der Waals surface area (Å²) in [6.45, 7) is 0.121. The van der Waals surface area contributed by atoms with Gasteiger partial charge in [0.15, 0.2) is 0 Å². The molecule has 1 amide bonds. The first-order chi connectivity index (χ1) is 11.2. The number of piperidine rings is 1. The van der Waals surface area contributed by atoms with Crippen molar-refractivity contribution in [3.63, 3.8) is 0 Å². The Bertz CT molecular complexity index is 592. The molecule has 0 aliphatic carbocycles. The average Bonchev–Trinajstić information content (AvgIpc) is 2.46. The van der Waals surface area contributed by atoms with Crippen molar-refractivity contribution in [1.29, 1.82) is 0 Å². The number of hydrogen-bond acceptors (Lipinski definition) is 3. The lowest BCUT2D eigenvalue weighted by Crippen LogP contribution is -2.54. The Kier molecular flexibility index (Phi) is 5.69. The second kappa shape index (κ2) is 7.38. The molecular weight excluding hydrogens is 328 g/mol. The zero-order valence-corrected chi connectivity index (χ0v) is 13.5. The normalized spacial score (nSPS) is 22.2. The Labute approximate surface area is 137 Å². The van der Waals surface area contributed by atoms with Crippen LogP contribution in [0.3, 0.4) is 0 Å². The third-order valence-electron chi connectivity index (χ3n) is 4.17. The molecule has 1 aliphatic heterocycles. The Morgan fingerprint density at radius 2 is 2.08 bits per heavy atom. The highest BCUT2D eigenvalue weighted by molar-refractivity contribution is 5.79. The van der Waals surface area contributed by atoms with Crippen molar-refractivity contribution < 1.29 is 27.1 Å². The molecule has 1 aromatic rings. The van der Waals surface area contributed by atoms with Gasteiger partial charge in [-0.25, -0.2) is 4.39 Å². The summed E-state index contributed by atoms with van der Waals surface area (Å²) in [7, 11) is 2.81. The van der Waals surface area contributed by atoms with Gasteiger partial charge < -0.3 is 10.1 Å². The fourth-order valence-corrected chi connectivity index (χ4v) is 3.01. The number of halogens is 4. The molecule has 1 N–H and O–H groups in total. The molecular formula is C16H20F4N2O2. The fourth-order valence-electron chi connectivity index (χ4n) is 3.01. The van der Waals surface area contributed by atoms with E-state index in [-0.39, 0.29) is 37.8 Å². The van der Waals surface area contributed by atoms with Crippen LogP contribution in [0.5, 0.6) is 5.75 Å². The SMILES string of the molecule is COc1ccc(F)cc1CC(=O)N[C@@H]1CC[C@@H](C(F)(F)F)N(C)C1. The van der Waals surface area contributed by atoms with Gasteiger partial charge in [0.1, 0.15) is 17.6 Å². The summed E-state index contributed by atoms with van der Waals surface area (Å²) in [5.41, 5.74) is 0.396. The molecule has 1 aromatic carbocycles. The van der Waals surface area contributed by atoms with E-state index in [9.17, 15) is 22.4 Å². The first kappa shape index (κ1) is 18.5. The van der Waals surface area contributed by atoms with Gasteiger partial charge in [0.05, 0.1) is 13.5 Å². The minimum atomic E-state index is -4.27. The summed E-state index contributed by atoms with van der Waals surface area (Å²) < 4.78 is 56.8. The first-order valence-corrected chi connectivity index (χ1v) is 7.59. The van der Waals surface area contributed by atoms with Gasteiger partial charge in [0.2, 0.25) is 5.91 Å². The fraction of sp³-hybridized carbons (Fsp3) is 0.562. The second-order valence-electron chi connectivity index (χ2n) is 5.97. The van der Waals surface area contributed by atoms with E-state index < -0.39 is 18.0 Å². The van der Waals surface area contributed by atoms with Crippen LogP contribution in [-0.4, -0.2) is 49.8 Å². The van der Waals surface area contributed by atoms with Gasteiger partial charge in [-0.1, -0.05) is 0 Å². The summed E-state index contributed by atoms with van der Waals surface area (Å²) >= 11 is 0. The molecule has 24 heavy (non-hydrogen) atoms. The van der Waals surface area contributed by atoms with Gasteiger partial charge in [0.25, 0.3) is 0 Å². The van der Waals surface area contributed by atoms with Crippen LogP contribution in [0.2, 0.25) is 0 Å². The van der Waals surface area contributed by atoms with Gasteiger partial charge in [-0.3, -0.25) is 9.69 Å². The number of alkyl halides is 3. The van der Waals surface area contributed by atoms with Crippen LogP contribution in [0.25, 0.3) is 0 Å². The van der Waals surface area contributed by atoms with Gasteiger partial charge >= 0.3 is 6.18 Å². The molecule has 4 nitrogen and oxygen atoms in total. The Morgan fingerprint density at radius 1 is 1.38 bits per heavy atom. The minimum absolute atomic E-state index is 0.0613. The Balaban J connectivity index is 1.93. The minimum Gasteiger partial charge on any atom is -0.496 e. The van der Waals surface area contributed by atoms with Crippen LogP contribution in [0.15, 0.2) is 18.2 Å². The maximum absolute atomic E-state index is 13.3. The van der Waals surface area contributed by atoms with Crippen LogP contribution < -0.4 is 10.1 Å². The molecule has 134 valence electrons. The van der Waals surface area contributed by atoms with Crippen molar-refractivity contribution >= 4 is 5.91 Å². The highest BCUT2D eigenvalue weighted by Crippen LogP contribution is 2.31. The molecule has 2 rings (SSSR count). The summed E-state index contributed by atoms with van der Waals surface area (Å²) in [4.78, 5) is 13.3. The zero-order chi connectivity index (χ0) is 17.9. The van der Waals surface area contributed by atoms with Crippen molar-refractivity contribution in [3.8, 4) is 5.75 Å². The lowest BCUT2D eigenvalue weighted by atomic mass is 9.98. The molecule has 1 heterocycles. The number of benzene rings is 1. The Hall–Kier alpha value is -1.83. The smallest absolute Gasteiger partial charge is 0.404 e. The number of nitrogens with one attached hydrogen (secondary N) is 1. The van der Waals surface area contributed by atoms with E-state index in [1.54, 1.807) is 0 Å². The number of methoxy groups -OCH3 is 1. The van der Waals surface area contributed by atoms with Crippen molar-refractivity contribution in [2.24, 2.45) is 0 Å². The number of likely N-dealkylation sites (tertiary alicyclic amines) is 1. The molecule has 0 aromatic heterocycles. The van der Waals surface area contributed by atoms with Gasteiger partial charge in [-0.2, -0.15) is 13.2 Å². The van der Waals surface area contributed by atoms with Crippen LogP contribution in [0, 0.1) is 5.82 Å². The maximum atomic E-state index is 13.3. The summed E-state index contributed by atoms with van der Waals surface area (Å²) in [6.07, 6.45) is -4.17. The van der Waals surface area contributed by atoms with E-state index in [2.05, 4.69) is 5.32 Å². The third kappa shape index (κ3) is 4.59. The molecule has 0 radical (unpaired) electrons. The van der Waals surface area contributed by atoms with E-state index in [0.717, 1.165) is 0 Å². The molecule has 0 saturated carbocycles. The monoisotopic (exact) mass is 348 g/mol. The highest BCUT2D eigenvalue weighted by atomic mass is 19.4. The van der Waals surface area contributed by atoms with Gasteiger partial charge in [-0.05, 0) is 38.1 Å². The molecule has 1 saturated heterocycles. The van der Waals surface area contributed by atoms with Crippen molar-refractivity contribution in [2.75, 3.05) is 20.7 Å². The van der Waals surface area contributed by atoms with E-state index in [0.29, 0.717) is 11.3 Å². The van der Waals surface area contributed by atoms with Crippen LogP contribution in [0.1, 0.15) is 18.4 Å². The number of nitrogens with zero attached hydrogens (tertiary/aromatic N) is 1. The highest BCUT2D eigenvalue weighted by Gasteiger charge is 2.44. The van der Waals surface area contributed by atoms with E-state index in [4.69, 9.17) is 4.74 Å². The van der Waals surface area contributed by atoms with E-state index >= 15 is 0 Å². The topological polar surface area (TPSA) is 41.6 Å². The van der Waals surface area contributed by atoms with Gasteiger partial charge in [0, 0.05) is 18.2 Å². The maximum Gasteiger partial charge on any atom is 0.404 e. The van der Waals surface area contributed by atoms with Crippen molar-refractivity contribution in [2.45, 2.75) is 37.5 Å². The van der Waals surface area contributed by atoms with Crippen molar-refractivity contribution in [1.82, 2.24) is 10.2 Å². The summed E-state index contributed by atoms with van der Waals surface area (Å²) in [5.74, 6) is -0.462. The molecule has 0 bridgehead atoms. The van der Waals surface area contributed by atoms with Crippen LogP contribution >= 0.6 is 0 Å². The second-order valence-corrected chi connectivity index (χ2v) is 5.97. The standard InChI is InChI=1S/C16H20F4N2O2/c1-22-9-12(4-6-14(22)16(18,19)20)21-15(23)8-10-7-11(17)3-5-13(10)24-2/h3,5,7,12,14H,4,6,8-9H2,1-2H3,(H,21,23)/t12-,14+/m1/s1. The zero-order valence-electron chi connectivity index (χ0n) is 13.5. The van der Waals surface area contributed by atoms with Gasteiger partial charge in [-0.15, -0.1) is 0 Å². The molecule has 1 fully saturated rings. The van der Waals surface area contributed by atoms with E-state index in [1.807, 2.05) is 0 Å². The number of rotatable bonds is 4. The predicted molar refractivity (Wildman–Crippen MR) is 80.3 cm³/mol. The summed E-state index contributed by atoms with van der Waals surface area (Å²) in [5, 5.41) is 2.71. The van der Waals surface area contributed by atoms with E-state index in [1.165, 1.54) is 37.3 Å². The number of amides is 1. The number of ether oxygens (including phenoxy) is 1. The number of hydrogen-bond donors (Lipinski definition) is 1. The number of carbonyl (C=O) groups excluding carboxylic acids is 1. The van der Waals surface area contributed by atoms with Crippen molar-refractivity contribution in [3.05, 3.63) is 29.6 Å². The third-order valence-corrected chi connectivity index (χ3v) is 4.17. The lowest BCUT2D eigenvalue weighted by molar-refractivity contribution is -0.188. The molecule has 8 heteroatoms. The number of likely N-dealkylation sites (N-methyl/N-ethyl adjacent to an activating group) is 1. The molecule has 2 atom stereocenters. The lowest BCUT2D eigenvalue weighted by Gasteiger charge is -2.38. The first-order valence-electron chi connectivity index (χ1n) is 7.59. The number of carbonyl (C=O) groups is 1. The predicted octanol–water partition coefficient (Wildman–Crippen LogP) is 2.52. The molecule has 0 unspecified atom stereocenters. The largest absolute Gasteiger partial charge is 0.496 e. The van der Waals surface area contributed by atoms with Crippen LogP contribution in [-0.2, 0) is 11.2 Å². The summed E-state index contributed by atoms with van der Waals surface area (Å²) in [6, 6.07) is 2.04. The molecule has 0 spiro atoms. The average molecular weight is 348 g/mol. The van der Waals surface area contributed by atoms with Crippen LogP contribution in [0.4, 0.5) is 17.6 Å². The molecule has 1 aliphatic rings.